The first kappa shape index (κ1) is 16.1. The molecule has 0 aromatic heterocycles. The van der Waals surface area contributed by atoms with Crippen LogP contribution in [0.2, 0.25) is 0 Å². The summed E-state index contributed by atoms with van der Waals surface area (Å²) < 4.78 is 29.2. The zero-order valence-corrected chi connectivity index (χ0v) is 13.2. The number of carbonyl (C=O) groups is 2. The van der Waals surface area contributed by atoms with Gasteiger partial charge < -0.3 is 15.2 Å². The van der Waals surface area contributed by atoms with Crippen molar-refractivity contribution in [1.29, 1.82) is 0 Å². The van der Waals surface area contributed by atoms with Crippen LogP contribution in [0.25, 0.3) is 0 Å². The van der Waals surface area contributed by atoms with Gasteiger partial charge in [0.2, 0.25) is 0 Å². The van der Waals surface area contributed by atoms with E-state index in [-0.39, 0.29) is 12.8 Å². The third-order valence-corrected chi connectivity index (χ3v) is 6.70. The van der Waals surface area contributed by atoms with Gasteiger partial charge in [-0.2, -0.15) is 0 Å². The van der Waals surface area contributed by atoms with Crippen molar-refractivity contribution in [3.8, 4) is 0 Å². The van der Waals surface area contributed by atoms with Crippen molar-refractivity contribution in [3.05, 3.63) is 0 Å². The lowest BCUT2D eigenvalue weighted by Gasteiger charge is -2.37. The fourth-order valence-corrected chi connectivity index (χ4v) is 5.61. The Balaban J connectivity index is 2.21. The van der Waals surface area contributed by atoms with E-state index in [1.165, 1.54) is 0 Å². The molecule has 8 heteroatoms. The summed E-state index contributed by atoms with van der Waals surface area (Å²) in [6.07, 6.45) is -0.111. The van der Waals surface area contributed by atoms with E-state index in [4.69, 9.17) is 4.74 Å². The average molecular weight is 319 g/mol. The number of carboxylic acids is 1. The summed E-state index contributed by atoms with van der Waals surface area (Å²) in [5, 5.41) is 10.5. The number of amides is 1. The van der Waals surface area contributed by atoms with Gasteiger partial charge in [-0.1, -0.05) is 0 Å². The third kappa shape index (κ3) is 3.00. The summed E-state index contributed by atoms with van der Waals surface area (Å²) in [6.45, 7) is 5.03. The summed E-state index contributed by atoms with van der Waals surface area (Å²) >= 11 is 0. The average Bonchev–Trinajstić information content (AvgIpc) is 2.48. The fraction of sp³-hybridized carbons (Fsp3) is 0.846. The van der Waals surface area contributed by atoms with Crippen LogP contribution in [-0.2, 0) is 19.4 Å². The van der Waals surface area contributed by atoms with E-state index in [9.17, 15) is 23.1 Å². The molecule has 2 rings (SSSR count). The molecule has 2 heterocycles. The van der Waals surface area contributed by atoms with Crippen LogP contribution in [0.15, 0.2) is 0 Å². The zero-order valence-electron chi connectivity index (χ0n) is 12.4. The van der Waals surface area contributed by atoms with Crippen LogP contribution < -0.4 is 5.32 Å². The number of carbonyl (C=O) groups excluding carboxylic acids is 1. The zero-order chi connectivity index (χ0) is 16.1. The molecule has 2 bridgehead atoms. The molecule has 7 nitrogen and oxygen atoms in total. The Hall–Kier alpha value is -1.31. The van der Waals surface area contributed by atoms with Gasteiger partial charge in [-0.3, -0.25) is 0 Å². The molecule has 0 aliphatic carbocycles. The standard InChI is InChI=1S/C13H21NO6S/c1-12(2,3)20-11(17)14-13(10(15)16)6-8-4-5-9(7-13)21(8,18)19/h8-9H,4-7H2,1-3H3,(H,14,17)(H,15,16). The van der Waals surface area contributed by atoms with E-state index in [0.29, 0.717) is 12.8 Å². The molecule has 120 valence electrons. The molecule has 2 aliphatic rings. The molecule has 2 N–H and O–H groups in total. The first-order chi connectivity index (χ1) is 9.46. The summed E-state index contributed by atoms with van der Waals surface area (Å²) in [7, 11) is -3.26. The van der Waals surface area contributed by atoms with Crippen molar-refractivity contribution in [2.45, 2.75) is 68.1 Å². The largest absolute Gasteiger partial charge is 0.480 e. The molecule has 2 atom stereocenters. The second kappa shape index (κ2) is 4.86. The number of nitrogens with one attached hydrogen (secondary N) is 1. The van der Waals surface area contributed by atoms with Gasteiger partial charge in [0.1, 0.15) is 11.1 Å². The number of hydrogen-bond donors (Lipinski definition) is 2. The molecular formula is C13H21NO6S. The van der Waals surface area contributed by atoms with Gasteiger partial charge in [-0.05, 0) is 46.5 Å². The van der Waals surface area contributed by atoms with Crippen molar-refractivity contribution < 1.29 is 27.9 Å². The van der Waals surface area contributed by atoms with Crippen LogP contribution in [0.4, 0.5) is 4.79 Å². The molecule has 0 radical (unpaired) electrons. The highest BCUT2D eigenvalue weighted by molar-refractivity contribution is 7.93. The number of sulfone groups is 1. The molecule has 0 aromatic carbocycles. The molecular weight excluding hydrogens is 298 g/mol. The Bertz CT molecular complexity index is 542. The molecule has 2 aliphatic heterocycles. The number of alkyl carbamates (subject to hydrolysis) is 1. The molecule has 0 aromatic rings. The van der Waals surface area contributed by atoms with Crippen molar-refractivity contribution in [2.75, 3.05) is 0 Å². The lowest BCUT2D eigenvalue weighted by molar-refractivity contribution is -0.145. The Kier molecular flexibility index (Phi) is 3.72. The predicted molar refractivity (Wildman–Crippen MR) is 74.7 cm³/mol. The number of carboxylic acid groups (broad SMARTS) is 1. The molecule has 2 fully saturated rings. The van der Waals surface area contributed by atoms with Crippen molar-refractivity contribution >= 4 is 21.9 Å². The molecule has 2 unspecified atom stereocenters. The summed E-state index contributed by atoms with van der Waals surface area (Å²) in [5.74, 6) is -1.21. The van der Waals surface area contributed by atoms with E-state index < -0.39 is 43.5 Å². The van der Waals surface area contributed by atoms with Gasteiger partial charge in [0.15, 0.2) is 9.84 Å². The third-order valence-electron chi connectivity index (χ3n) is 4.04. The number of ether oxygens (including phenoxy) is 1. The fourth-order valence-electron chi connectivity index (χ4n) is 3.10. The van der Waals surface area contributed by atoms with E-state index >= 15 is 0 Å². The quantitative estimate of drug-likeness (QED) is 0.788. The van der Waals surface area contributed by atoms with Crippen molar-refractivity contribution in [2.24, 2.45) is 0 Å². The van der Waals surface area contributed by atoms with E-state index in [1.54, 1.807) is 20.8 Å². The molecule has 0 saturated carbocycles. The van der Waals surface area contributed by atoms with E-state index in [0.717, 1.165) is 0 Å². The van der Waals surface area contributed by atoms with Gasteiger partial charge in [0.25, 0.3) is 0 Å². The highest BCUT2D eigenvalue weighted by Crippen LogP contribution is 2.43. The van der Waals surface area contributed by atoms with Crippen LogP contribution in [-0.4, -0.2) is 47.2 Å². The maximum Gasteiger partial charge on any atom is 0.408 e. The highest BCUT2D eigenvalue weighted by atomic mass is 32.2. The van der Waals surface area contributed by atoms with Crippen LogP contribution in [0.5, 0.6) is 0 Å². The van der Waals surface area contributed by atoms with Crippen LogP contribution in [0, 0.1) is 0 Å². The second-order valence-electron chi connectivity index (χ2n) is 6.83. The van der Waals surface area contributed by atoms with Crippen molar-refractivity contribution in [1.82, 2.24) is 5.32 Å². The minimum absolute atomic E-state index is 0.0968. The van der Waals surface area contributed by atoms with Gasteiger partial charge in [0.05, 0.1) is 10.5 Å². The predicted octanol–water partition coefficient (Wildman–Crippen LogP) is 1.07. The number of aliphatic carboxylic acids is 1. The van der Waals surface area contributed by atoms with Gasteiger partial charge >= 0.3 is 12.1 Å². The monoisotopic (exact) mass is 319 g/mol. The highest BCUT2D eigenvalue weighted by Gasteiger charge is 2.57. The van der Waals surface area contributed by atoms with Crippen LogP contribution >= 0.6 is 0 Å². The number of fused-ring (bicyclic) bond motifs is 2. The number of hydrogen-bond acceptors (Lipinski definition) is 5. The van der Waals surface area contributed by atoms with Crippen LogP contribution in [0.1, 0.15) is 46.5 Å². The summed E-state index contributed by atoms with van der Waals surface area (Å²) in [6, 6.07) is 0. The second-order valence-corrected chi connectivity index (χ2v) is 9.34. The molecule has 1 amide bonds. The summed E-state index contributed by atoms with van der Waals surface area (Å²) in [5.41, 5.74) is -2.30. The van der Waals surface area contributed by atoms with Crippen LogP contribution in [0.3, 0.4) is 0 Å². The first-order valence-electron chi connectivity index (χ1n) is 6.93. The lowest BCUT2D eigenvalue weighted by Crippen LogP contribution is -2.61. The first-order valence-corrected chi connectivity index (χ1v) is 8.54. The Morgan fingerprint density at radius 2 is 1.67 bits per heavy atom. The maximum absolute atomic E-state index is 12.1. The minimum atomic E-state index is -3.26. The summed E-state index contributed by atoms with van der Waals surface area (Å²) in [4.78, 5) is 23.5. The Morgan fingerprint density at radius 3 is 2.05 bits per heavy atom. The van der Waals surface area contributed by atoms with Crippen molar-refractivity contribution in [3.63, 3.8) is 0 Å². The normalized spacial score (nSPS) is 34.2. The van der Waals surface area contributed by atoms with Gasteiger partial charge in [-0.25, -0.2) is 18.0 Å². The Morgan fingerprint density at radius 1 is 1.19 bits per heavy atom. The van der Waals surface area contributed by atoms with E-state index in [2.05, 4.69) is 5.32 Å². The van der Waals surface area contributed by atoms with Gasteiger partial charge in [0, 0.05) is 0 Å². The topological polar surface area (TPSA) is 110 Å². The SMILES string of the molecule is CC(C)(C)OC(=O)NC1(C(=O)O)CC2CCC(C1)S2(=O)=O. The molecule has 2 saturated heterocycles. The lowest BCUT2D eigenvalue weighted by atomic mass is 9.89. The minimum Gasteiger partial charge on any atom is -0.480 e. The van der Waals surface area contributed by atoms with E-state index in [1.807, 2.05) is 0 Å². The smallest absolute Gasteiger partial charge is 0.408 e. The number of rotatable bonds is 2. The molecule has 21 heavy (non-hydrogen) atoms. The molecule has 0 spiro atoms. The Labute approximate surface area is 124 Å². The maximum atomic E-state index is 12.1. The van der Waals surface area contributed by atoms with Gasteiger partial charge in [-0.15, -0.1) is 0 Å².